The van der Waals surface area contributed by atoms with E-state index in [2.05, 4.69) is 10.4 Å². The Morgan fingerprint density at radius 1 is 1.15 bits per heavy atom. The van der Waals surface area contributed by atoms with Crippen LogP contribution in [0.1, 0.15) is 11.1 Å². The van der Waals surface area contributed by atoms with E-state index in [4.69, 9.17) is 21.5 Å². The summed E-state index contributed by atoms with van der Waals surface area (Å²) in [6, 6.07) is 17.5. The molecule has 0 aliphatic carbocycles. The largest absolute Gasteiger partial charge is 0.497 e. The summed E-state index contributed by atoms with van der Waals surface area (Å²) >= 11 is 6.14. The number of sulfonamides is 1. The zero-order valence-corrected chi connectivity index (χ0v) is 19.2. The molecule has 0 atom stereocenters. The summed E-state index contributed by atoms with van der Waals surface area (Å²) in [7, 11) is -2.47. The molecule has 0 aliphatic rings. The Morgan fingerprint density at radius 3 is 2.55 bits per heavy atom. The molecule has 3 N–H and O–H groups in total. The van der Waals surface area contributed by atoms with Crippen molar-refractivity contribution in [2.24, 2.45) is 5.14 Å². The van der Waals surface area contributed by atoms with Crippen LogP contribution in [0.3, 0.4) is 0 Å². The van der Waals surface area contributed by atoms with E-state index in [0.29, 0.717) is 33.7 Å². The van der Waals surface area contributed by atoms with Crippen molar-refractivity contribution in [1.82, 2.24) is 9.78 Å². The van der Waals surface area contributed by atoms with Gasteiger partial charge in [0.25, 0.3) is 0 Å². The number of halogens is 1. The molecule has 33 heavy (non-hydrogen) atoms. The van der Waals surface area contributed by atoms with E-state index in [0.717, 1.165) is 11.3 Å². The molecule has 0 saturated carbocycles. The molecule has 10 heteroatoms. The molecular weight excluding hydrogens is 464 g/mol. The minimum atomic E-state index is -4.06. The Morgan fingerprint density at radius 2 is 1.88 bits per heavy atom. The second-order valence-corrected chi connectivity index (χ2v) is 9.36. The quantitative estimate of drug-likeness (QED) is 0.416. The van der Waals surface area contributed by atoms with Crippen molar-refractivity contribution in [2.45, 2.75) is 17.9 Å². The molecule has 0 spiro atoms. The summed E-state index contributed by atoms with van der Waals surface area (Å²) in [5, 5.41) is 13.4. The summed E-state index contributed by atoms with van der Waals surface area (Å²) in [5.74, 6) is 0.383. The lowest BCUT2D eigenvalue weighted by Crippen LogP contribution is -2.17. The first-order chi connectivity index (χ1) is 15.7. The topological polar surface area (TPSA) is 116 Å². The van der Waals surface area contributed by atoms with E-state index in [-0.39, 0.29) is 17.2 Å². The van der Waals surface area contributed by atoms with E-state index in [9.17, 15) is 13.2 Å². The van der Waals surface area contributed by atoms with Crippen molar-refractivity contribution in [3.05, 3.63) is 83.0 Å². The molecule has 4 aromatic rings. The summed E-state index contributed by atoms with van der Waals surface area (Å²) < 4.78 is 31.3. The third-order valence-electron chi connectivity index (χ3n) is 5.12. The number of nitrogens with zero attached hydrogens (tertiary/aromatic N) is 2. The zero-order valence-electron chi connectivity index (χ0n) is 17.7. The molecule has 0 saturated heterocycles. The van der Waals surface area contributed by atoms with E-state index in [1.807, 2.05) is 24.3 Å². The van der Waals surface area contributed by atoms with E-state index < -0.39 is 10.0 Å². The van der Waals surface area contributed by atoms with Crippen molar-refractivity contribution in [3.8, 4) is 5.75 Å². The van der Waals surface area contributed by atoms with E-state index >= 15 is 0 Å². The molecule has 0 radical (unpaired) electrons. The fourth-order valence-electron chi connectivity index (χ4n) is 3.50. The van der Waals surface area contributed by atoms with Crippen LogP contribution in [-0.4, -0.2) is 31.2 Å². The third-order valence-corrected chi connectivity index (χ3v) is 6.43. The Kier molecular flexibility index (Phi) is 6.37. The highest BCUT2D eigenvalue weighted by molar-refractivity contribution is 7.89. The van der Waals surface area contributed by atoms with Gasteiger partial charge in [0, 0.05) is 16.1 Å². The van der Waals surface area contributed by atoms with Crippen molar-refractivity contribution < 1.29 is 17.9 Å². The van der Waals surface area contributed by atoms with E-state index in [1.165, 1.54) is 12.3 Å². The average Bonchev–Trinajstić information content (AvgIpc) is 3.17. The highest BCUT2D eigenvalue weighted by atomic mass is 35.5. The predicted octanol–water partition coefficient (Wildman–Crippen LogP) is 3.58. The summed E-state index contributed by atoms with van der Waals surface area (Å²) in [4.78, 5) is 12.5. The Bertz CT molecular complexity index is 1430. The maximum absolute atomic E-state index is 12.6. The van der Waals surface area contributed by atoms with Gasteiger partial charge in [-0.3, -0.25) is 9.48 Å². The van der Waals surface area contributed by atoms with Crippen LogP contribution in [0.2, 0.25) is 5.02 Å². The van der Waals surface area contributed by atoms with E-state index in [1.54, 1.807) is 42.1 Å². The summed E-state index contributed by atoms with van der Waals surface area (Å²) in [6.45, 7) is 0.384. The van der Waals surface area contributed by atoms with Crippen LogP contribution in [0.5, 0.6) is 5.75 Å². The smallest absolute Gasteiger partial charge is 0.238 e. The number of carbonyl (C=O) groups is 1. The first-order valence-corrected chi connectivity index (χ1v) is 11.9. The average molecular weight is 485 g/mol. The lowest BCUT2D eigenvalue weighted by molar-refractivity contribution is -0.115. The summed E-state index contributed by atoms with van der Waals surface area (Å²) in [5.41, 5.74) is 2.41. The Labute approximate surface area is 196 Å². The number of hydrogen-bond donors (Lipinski definition) is 2. The molecule has 3 aromatic carbocycles. The standard InChI is InChI=1S/C23H21ClN4O4S/c1-32-18-8-6-15(7-9-18)14-28-21-11-17(12-22(33(25,30)31)19(21)13-26-28)27-23(29)10-16-4-2-3-5-20(16)24/h2-9,11-13H,10,14H2,1H3,(H,27,29)(H2,25,30,31). The number of carbonyl (C=O) groups excluding carboxylic acids is 1. The van der Waals surface area contributed by atoms with Crippen LogP contribution in [0, 0.1) is 0 Å². The van der Waals surface area contributed by atoms with Gasteiger partial charge >= 0.3 is 0 Å². The van der Waals surface area contributed by atoms with Crippen LogP contribution < -0.4 is 15.2 Å². The first-order valence-electron chi connectivity index (χ1n) is 9.93. The number of benzene rings is 3. The molecule has 1 heterocycles. The SMILES string of the molecule is COc1ccc(Cn2ncc3c(S(N)(=O)=O)cc(NC(=O)Cc4ccccc4Cl)cc32)cc1. The normalized spacial score (nSPS) is 11.5. The number of hydrogen-bond acceptors (Lipinski definition) is 5. The first kappa shape index (κ1) is 22.8. The van der Waals surface area contributed by atoms with Gasteiger partial charge in [-0.05, 0) is 41.5 Å². The molecule has 4 rings (SSSR count). The molecule has 0 bridgehead atoms. The van der Waals surface area contributed by atoms with Gasteiger partial charge in [0.1, 0.15) is 5.75 Å². The monoisotopic (exact) mass is 484 g/mol. The van der Waals surface area contributed by atoms with Gasteiger partial charge in [-0.1, -0.05) is 41.9 Å². The van der Waals surface area contributed by atoms with Gasteiger partial charge in [0.15, 0.2) is 0 Å². The van der Waals surface area contributed by atoms with Gasteiger partial charge in [0.2, 0.25) is 15.9 Å². The second-order valence-electron chi connectivity index (χ2n) is 7.42. The molecule has 8 nitrogen and oxygen atoms in total. The van der Waals surface area contributed by atoms with Crippen LogP contribution in [-0.2, 0) is 27.8 Å². The van der Waals surface area contributed by atoms with Gasteiger partial charge in [-0.2, -0.15) is 5.10 Å². The van der Waals surface area contributed by atoms with Gasteiger partial charge in [0.05, 0.1) is 36.7 Å². The maximum Gasteiger partial charge on any atom is 0.238 e. The number of fused-ring (bicyclic) bond motifs is 1. The predicted molar refractivity (Wildman–Crippen MR) is 127 cm³/mol. The number of methoxy groups -OCH3 is 1. The third kappa shape index (κ3) is 5.16. The molecule has 1 aromatic heterocycles. The highest BCUT2D eigenvalue weighted by Crippen LogP contribution is 2.28. The number of amides is 1. The number of nitrogens with one attached hydrogen (secondary N) is 1. The number of nitrogens with two attached hydrogens (primary N) is 1. The van der Waals surface area contributed by atoms with Crippen LogP contribution in [0.15, 0.2) is 71.8 Å². The lowest BCUT2D eigenvalue weighted by atomic mass is 10.1. The summed E-state index contributed by atoms with van der Waals surface area (Å²) in [6.07, 6.45) is 1.49. The van der Waals surface area contributed by atoms with Crippen LogP contribution in [0.25, 0.3) is 10.9 Å². The van der Waals surface area contributed by atoms with Crippen LogP contribution in [0.4, 0.5) is 5.69 Å². The maximum atomic E-state index is 12.6. The minimum Gasteiger partial charge on any atom is -0.497 e. The number of anilines is 1. The molecule has 0 unspecified atom stereocenters. The molecular formula is C23H21ClN4O4S. The van der Waals surface area contributed by atoms with Gasteiger partial charge < -0.3 is 10.1 Å². The molecule has 1 amide bonds. The Hall–Kier alpha value is -3.40. The number of rotatable bonds is 7. The number of primary sulfonamides is 1. The molecule has 0 fully saturated rings. The minimum absolute atomic E-state index is 0.0352. The van der Waals surface area contributed by atoms with Gasteiger partial charge in [-0.25, -0.2) is 13.6 Å². The van der Waals surface area contributed by atoms with Crippen molar-refractivity contribution >= 4 is 44.1 Å². The van der Waals surface area contributed by atoms with Crippen molar-refractivity contribution in [2.75, 3.05) is 12.4 Å². The van der Waals surface area contributed by atoms with Crippen molar-refractivity contribution in [1.29, 1.82) is 0 Å². The molecule has 170 valence electrons. The fraction of sp³-hybridized carbons (Fsp3) is 0.130. The number of ether oxygens (including phenoxy) is 1. The number of aromatic nitrogens is 2. The fourth-order valence-corrected chi connectivity index (χ4v) is 4.46. The Balaban J connectivity index is 1.68. The molecule has 0 aliphatic heterocycles. The lowest BCUT2D eigenvalue weighted by Gasteiger charge is -2.11. The highest BCUT2D eigenvalue weighted by Gasteiger charge is 2.19. The zero-order chi connectivity index (χ0) is 23.6. The second kappa shape index (κ2) is 9.22. The van der Waals surface area contributed by atoms with Gasteiger partial charge in [-0.15, -0.1) is 0 Å². The van der Waals surface area contributed by atoms with Crippen molar-refractivity contribution in [3.63, 3.8) is 0 Å². The van der Waals surface area contributed by atoms with Crippen LogP contribution >= 0.6 is 11.6 Å².